The molecule has 8 heteroatoms. The first-order valence-corrected chi connectivity index (χ1v) is 12.1. The SMILES string of the molecule is CCOC(=O)c1c(Nc2nc3ccccc3nc2OC[C@@H]2CCCO2)sc2c1CCCC2. The predicted octanol–water partition coefficient (Wildman–Crippen LogP) is 5.05. The number of thiophene rings is 1. The highest BCUT2D eigenvalue weighted by Gasteiger charge is 2.28. The highest BCUT2D eigenvalue weighted by Crippen LogP contribution is 2.41. The minimum absolute atomic E-state index is 0.0697. The zero-order valence-corrected chi connectivity index (χ0v) is 19.0. The molecule has 1 aliphatic carbocycles. The van der Waals surface area contributed by atoms with Crippen LogP contribution in [-0.4, -0.2) is 41.9 Å². The molecule has 1 saturated heterocycles. The maximum Gasteiger partial charge on any atom is 0.341 e. The van der Waals surface area contributed by atoms with Crippen molar-refractivity contribution in [3.63, 3.8) is 0 Å². The van der Waals surface area contributed by atoms with Gasteiger partial charge < -0.3 is 19.5 Å². The van der Waals surface area contributed by atoms with Crippen LogP contribution in [0.15, 0.2) is 24.3 Å². The van der Waals surface area contributed by atoms with E-state index in [0.29, 0.717) is 30.5 Å². The molecular formula is C24H27N3O4S. The average Bonchev–Trinajstić information content (AvgIpc) is 3.45. The fourth-order valence-electron chi connectivity index (χ4n) is 4.29. The van der Waals surface area contributed by atoms with Crippen LogP contribution < -0.4 is 10.1 Å². The van der Waals surface area contributed by atoms with Gasteiger partial charge in [-0.2, -0.15) is 0 Å². The van der Waals surface area contributed by atoms with Crippen LogP contribution in [0.25, 0.3) is 11.0 Å². The zero-order valence-electron chi connectivity index (χ0n) is 18.2. The summed E-state index contributed by atoms with van der Waals surface area (Å²) < 4.78 is 17.2. The van der Waals surface area contributed by atoms with E-state index in [1.54, 1.807) is 11.3 Å². The molecule has 0 unspecified atom stereocenters. The van der Waals surface area contributed by atoms with Crippen molar-refractivity contribution in [2.24, 2.45) is 0 Å². The number of anilines is 2. The molecule has 1 atom stereocenters. The molecule has 1 aliphatic heterocycles. The Hall–Kier alpha value is -2.71. The number of nitrogens with zero attached hydrogens (tertiary/aromatic N) is 2. The minimum Gasteiger partial charge on any atom is -0.472 e. The molecule has 2 aliphatic rings. The molecule has 32 heavy (non-hydrogen) atoms. The topological polar surface area (TPSA) is 82.6 Å². The number of carbonyl (C=O) groups excluding carboxylic acids is 1. The number of aromatic nitrogens is 2. The molecule has 1 aromatic carbocycles. The lowest BCUT2D eigenvalue weighted by Crippen LogP contribution is -2.17. The van der Waals surface area contributed by atoms with Crippen molar-refractivity contribution in [1.82, 2.24) is 9.97 Å². The van der Waals surface area contributed by atoms with E-state index < -0.39 is 0 Å². The number of ether oxygens (including phenoxy) is 3. The monoisotopic (exact) mass is 453 g/mol. The highest BCUT2D eigenvalue weighted by atomic mass is 32.1. The Bertz CT molecular complexity index is 1120. The Balaban J connectivity index is 1.52. The van der Waals surface area contributed by atoms with Crippen LogP contribution in [0.2, 0.25) is 0 Å². The van der Waals surface area contributed by atoms with Crippen molar-refractivity contribution in [1.29, 1.82) is 0 Å². The molecule has 0 spiro atoms. The van der Waals surface area contributed by atoms with Gasteiger partial charge in [-0.3, -0.25) is 0 Å². The summed E-state index contributed by atoms with van der Waals surface area (Å²) in [5, 5.41) is 4.14. The molecule has 1 fully saturated rings. The number of fused-ring (bicyclic) bond motifs is 2. The Kier molecular flexibility index (Phi) is 6.23. The number of para-hydroxylation sites is 2. The summed E-state index contributed by atoms with van der Waals surface area (Å²) in [5.41, 5.74) is 3.26. The number of aryl methyl sites for hydroxylation is 1. The lowest BCUT2D eigenvalue weighted by molar-refractivity contribution is 0.0526. The van der Waals surface area contributed by atoms with Gasteiger partial charge in [-0.05, 0) is 63.1 Å². The van der Waals surface area contributed by atoms with E-state index in [1.807, 2.05) is 31.2 Å². The van der Waals surface area contributed by atoms with Gasteiger partial charge in [-0.25, -0.2) is 14.8 Å². The molecule has 7 nitrogen and oxygen atoms in total. The quantitative estimate of drug-likeness (QED) is 0.501. The summed E-state index contributed by atoms with van der Waals surface area (Å²) in [7, 11) is 0. The second-order valence-electron chi connectivity index (χ2n) is 8.07. The normalized spacial score (nSPS) is 17.8. The second kappa shape index (κ2) is 9.42. The summed E-state index contributed by atoms with van der Waals surface area (Å²) in [5.74, 6) is 0.635. The zero-order chi connectivity index (χ0) is 21.9. The van der Waals surface area contributed by atoms with Crippen LogP contribution in [0.4, 0.5) is 10.8 Å². The van der Waals surface area contributed by atoms with Crippen LogP contribution in [0.5, 0.6) is 5.88 Å². The third-order valence-corrected chi connectivity index (χ3v) is 7.06. The first kappa shape index (κ1) is 21.2. The first-order valence-electron chi connectivity index (χ1n) is 11.3. The van der Waals surface area contributed by atoms with Gasteiger partial charge >= 0.3 is 5.97 Å². The van der Waals surface area contributed by atoms with E-state index >= 15 is 0 Å². The Morgan fingerprint density at radius 1 is 1.19 bits per heavy atom. The number of hydrogen-bond donors (Lipinski definition) is 1. The van der Waals surface area contributed by atoms with E-state index in [2.05, 4.69) is 5.32 Å². The summed E-state index contributed by atoms with van der Waals surface area (Å²) in [4.78, 5) is 23.6. The Labute approximate surface area is 191 Å². The highest BCUT2D eigenvalue weighted by molar-refractivity contribution is 7.16. The summed E-state index contributed by atoms with van der Waals surface area (Å²) in [6.07, 6.45) is 6.20. The number of carbonyl (C=O) groups is 1. The Morgan fingerprint density at radius 3 is 2.78 bits per heavy atom. The van der Waals surface area contributed by atoms with Gasteiger partial charge in [0.25, 0.3) is 5.88 Å². The first-order chi connectivity index (χ1) is 15.7. The second-order valence-corrected chi connectivity index (χ2v) is 9.18. The number of benzene rings is 1. The smallest absolute Gasteiger partial charge is 0.341 e. The van der Waals surface area contributed by atoms with Crippen LogP contribution >= 0.6 is 11.3 Å². The van der Waals surface area contributed by atoms with Gasteiger partial charge in [0.05, 0.1) is 29.3 Å². The minimum atomic E-state index is -0.287. The van der Waals surface area contributed by atoms with Crippen LogP contribution in [-0.2, 0) is 22.3 Å². The van der Waals surface area contributed by atoms with Crippen LogP contribution in [0.1, 0.15) is 53.4 Å². The number of nitrogens with one attached hydrogen (secondary N) is 1. The Morgan fingerprint density at radius 2 is 2.00 bits per heavy atom. The van der Waals surface area contributed by atoms with Crippen molar-refractivity contribution in [2.75, 3.05) is 25.1 Å². The van der Waals surface area contributed by atoms with E-state index in [-0.39, 0.29) is 12.1 Å². The van der Waals surface area contributed by atoms with Gasteiger partial charge in [0, 0.05) is 11.5 Å². The van der Waals surface area contributed by atoms with Crippen LogP contribution in [0.3, 0.4) is 0 Å². The fraction of sp³-hybridized carbons (Fsp3) is 0.458. The summed E-state index contributed by atoms with van der Waals surface area (Å²) in [6.45, 7) is 3.36. The van der Waals surface area contributed by atoms with Crippen molar-refractivity contribution in [3.8, 4) is 5.88 Å². The standard InChI is InChI=1S/C24H27N3O4S/c1-2-29-24(28)20-16-9-3-6-12-19(16)32-23(20)27-21-22(31-14-15-8-7-13-30-15)26-18-11-5-4-10-17(18)25-21/h4-5,10-11,15H,2-3,6-9,12-14H2,1H3,(H,25,27)/t15-/m0/s1. The fourth-order valence-corrected chi connectivity index (χ4v) is 5.57. The molecule has 1 N–H and O–H groups in total. The molecular weight excluding hydrogens is 426 g/mol. The number of rotatable bonds is 7. The molecule has 168 valence electrons. The van der Waals surface area contributed by atoms with E-state index in [9.17, 15) is 4.79 Å². The van der Waals surface area contributed by atoms with Gasteiger partial charge in [-0.1, -0.05) is 12.1 Å². The van der Waals surface area contributed by atoms with Gasteiger partial charge in [0.1, 0.15) is 11.6 Å². The molecule has 0 radical (unpaired) electrons. The number of hydrogen-bond acceptors (Lipinski definition) is 8. The van der Waals surface area contributed by atoms with E-state index in [4.69, 9.17) is 24.2 Å². The van der Waals surface area contributed by atoms with Crippen molar-refractivity contribution in [3.05, 3.63) is 40.3 Å². The average molecular weight is 454 g/mol. The number of esters is 1. The van der Waals surface area contributed by atoms with Gasteiger partial charge in [0.15, 0.2) is 5.82 Å². The summed E-state index contributed by atoms with van der Waals surface area (Å²) >= 11 is 1.61. The maximum atomic E-state index is 12.8. The van der Waals surface area contributed by atoms with E-state index in [0.717, 1.165) is 66.7 Å². The molecule has 3 heterocycles. The summed E-state index contributed by atoms with van der Waals surface area (Å²) in [6, 6.07) is 7.70. The largest absolute Gasteiger partial charge is 0.472 e. The van der Waals surface area contributed by atoms with Gasteiger partial charge in [0.2, 0.25) is 0 Å². The third-order valence-electron chi connectivity index (χ3n) is 5.85. The van der Waals surface area contributed by atoms with Crippen molar-refractivity contribution < 1.29 is 19.0 Å². The van der Waals surface area contributed by atoms with Gasteiger partial charge in [-0.15, -0.1) is 11.3 Å². The molecule has 0 amide bonds. The lowest BCUT2D eigenvalue weighted by atomic mass is 9.95. The molecule has 5 rings (SSSR count). The van der Waals surface area contributed by atoms with E-state index in [1.165, 1.54) is 4.88 Å². The van der Waals surface area contributed by atoms with Crippen molar-refractivity contribution in [2.45, 2.75) is 51.6 Å². The predicted molar refractivity (Wildman–Crippen MR) is 124 cm³/mol. The lowest BCUT2D eigenvalue weighted by Gasteiger charge is -2.15. The molecule has 3 aromatic rings. The van der Waals surface area contributed by atoms with Crippen molar-refractivity contribution >= 4 is 39.2 Å². The molecule has 0 saturated carbocycles. The molecule has 0 bridgehead atoms. The third kappa shape index (κ3) is 4.29. The van der Waals surface area contributed by atoms with Crippen LogP contribution in [0, 0.1) is 0 Å². The maximum absolute atomic E-state index is 12.8. The molecule has 2 aromatic heterocycles.